The van der Waals surface area contributed by atoms with Crippen LogP contribution in [0.25, 0.3) is 0 Å². The summed E-state index contributed by atoms with van der Waals surface area (Å²) in [5.74, 6) is -1.22. The van der Waals surface area contributed by atoms with Crippen molar-refractivity contribution in [2.45, 2.75) is 37.9 Å². The number of rotatable bonds is 9. The summed E-state index contributed by atoms with van der Waals surface area (Å²) < 4.78 is 18.2. The first kappa shape index (κ1) is 21.7. The summed E-state index contributed by atoms with van der Waals surface area (Å²) in [6.07, 6.45) is -0.893. The van der Waals surface area contributed by atoms with Gasteiger partial charge in [0.15, 0.2) is 5.69 Å². The molecular weight excluding hydrogens is 410 g/mol. The number of aromatic nitrogens is 2. The van der Waals surface area contributed by atoms with Crippen LogP contribution >= 0.6 is 0 Å². The zero-order chi connectivity index (χ0) is 22.3. The number of carbonyl (C=O) groups is 1. The lowest BCUT2D eigenvalue weighted by atomic mass is 10.0. The number of hydrogen-bond acceptors (Lipinski definition) is 6. The predicted molar refractivity (Wildman–Crippen MR) is 114 cm³/mol. The van der Waals surface area contributed by atoms with Gasteiger partial charge in [-0.3, -0.25) is 5.10 Å². The molecule has 0 radical (unpaired) electrons. The average Bonchev–Trinajstić information content (AvgIpc) is 3.43. The van der Waals surface area contributed by atoms with E-state index in [1.807, 2.05) is 66.7 Å². The number of nitrogens with one attached hydrogen (secondary N) is 1. The van der Waals surface area contributed by atoms with Crippen molar-refractivity contribution in [1.82, 2.24) is 10.2 Å². The van der Waals surface area contributed by atoms with Gasteiger partial charge >= 0.3 is 5.97 Å². The third-order valence-electron chi connectivity index (χ3n) is 5.34. The fourth-order valence-electron chi connectivity index (χ4n) is 3.76. The van der Waals surface area contributed by atoms with Crippen molar-refractivity contribution >= 4 is 5.97 Å². The first-order chi connectivity index (χ1) is 15.7. The summed E-state index contributed by atoms with van der Waals surface area (Å²) in [7, 11) is 0. The molecule has 2 heterocycles. The van der Waals surface area contributed by atoms with Crippen LogP contribution in [0.15, 0.2) is 60.7 Å². The Morgan fingerprint density at radius 3 is 2.41 bits per heavy atom. The number of H-pyrrole nitrogens is 1. The van der Waals surface area contributed by atoms with Crippen molar-refractivity contribution in [2.75, 3.05) is 6.61 Å². The molecule has 8 nitrogen and oxygen atoms in total. The fourth-order valence-corrected chi connectivity index (χ4v) is 3.76. The van der Waals surface area contributed by atoms with Crippen molar-refractivity contribution in [3.05, 3.63) is 88.7 Å². The van der Waals surface area contributed by atoms with E-state index < -0.39 is 18.2 Å². The van der Waals surface area contributed by atoms with Gasteiger partial charge < -0.3 is 19.3 Å². The van der Waals surface area contributed by atoms with E-state index in [9.17, 15) is 15.2 Å². The van der Waals surface area contributed by atoms with Gasteiger partial charge in [0.25, 0.3) is 0 Å². The topological polar surface area (TPSA) is 117 Å². The maximum atomic E-state index is 11.7. The second-order valence-electron chi connectivity index (χ2n) is 7.51. The monoisotopic (exact) mass is 433 g/mol. The molecule has 1 saturated heterocycles. The molecule has 2 N–H and O–H groups in total. The molecule has 2 aromatic carbocycles. The first-order valence-corrected chi connectivity index (χ1v) is 10.3. The summed E-state index contributed by atoms with van der Waals surface area (Å²) in [6.45, 7) is 1.11. The van der Waals surface area contributed by atoms with E-state index >= 15 is 0 Å². The number of hydrogen-bond donors (Lipinski definition) is 2. The molecule has 0 spiro atoms. The van der Waals surface area contributed by atoms with Crippen LogP contribution in [0.2, 0.25) is 0 Å². The van der Waals surface area contributed by atoms with Crippen molar-refractivity contribution < 1.29 is 24.1 Å². The zero-order valence-corrected chi connectivity index (χ0v) is 17.3. The Labute approximate surface area is 185 Å². The Bertz CT molecular complexity index is 1080. The van der Waals surface area contributed by atoms with Crippen molar-refractivity contribution in [3.63, 3.8) is 0 Å². The van der Waals surface area contributed by atoms with Crippen molar-refractivity contribution in [1.29, 1.82) is 5.26 Å². The van der Waals surface area contributed by atoms with Gasteiger partial charge in [-0.2, -0.15) is 10.4 Å². The Morgan fingerprint density at radius 2 is 1.78 bits per heavy atom. The van der Waals surface area contributed by atoms with Crippen LogP contribution in [0.4, 0.5) is 0 Å². The summed E-state index contributed by atoms with van der Waals surface area (Å²) in [4.78, 5) is 11.7. The zero-order valence-electron chi connectivity index (χ0n) is 17.3. The van der Waals surface area contributed by atoms with E-state index in [-0.39, 0.29) is 29.7 Å². The maximum absolute atomic E-state index is 11.7. The minimum atomic E-state index is -1.22. The highest BCUT2D eigenvalue weighted by molar-refractivity contribution is 5.91. The average molecular weight is 433 g/mol. The lowest BCUT2D eigenvalue weighted by molar-refractivity contribution is -0.0721. The molecule has 0 aliphatic carbocycles. The van der Waals surface area contributed by atoms with Crippen LogP contribution in [0.5, 0.6) is 0 Å². The van der Waals surface area contributed by atoms with Crippen LogP contribution in [-0.4, -0.2) is 40.1 Å². The smallest absolute Gasteiger partial charge is 0.340 e. The Morgan fingerprint density at radius 1 is 1.12 bits per heavy atom. The molecule has 1 fully saturated rings. The SMILES string of the molecule is N#Cc1n[nH]c([C@H]2C[C@H](OCc3ccccc3)[C@@H](COCc3ccccc3)O2)c1C(=O)O. The molecule has 3 atom stereocenters. The summed E-state index contributed by atoms with van der Waals surface area (Å²) in [6, 6.07) is 21.4. The fraction of sp³-hybridized carbons (Fsp3) is 0.292. The van der Waals surface area contributed by atoms with Gasteiger partial charge in [0.1, 0.15) is 23.8 Å². The molecule has 0 unspecified atom stereocenters. The van der Waals surface area contributed by atoms with Crippen molar-refractivity contribution in [3.8, 4) is 6.07 Å². The number of nitriles is 1. The second kappa shape index (κ2) is 10.2. The normalized spacial score (nSPS) is 20.2. The molecular formula is C24H23N3O5. The molecule has 1 aliphatic rings. The highest BCUT2D eigenvalue weighted by Gasteiger charge is 2.40. The number of carboxylic acid groups (broad SMARTS) is 1. The van der Waals surface area contributed by atoms with Crippen molar-refractivity contribution in [2.24, 2.45) is 0 Å². The van der Waals surface area contributed by atoms with E-state index in [1.54, 1.807) is 0 Å². The van der Waals surface area contributed by atoms with Crippen LogP contribution in [0.1, 0.15) is 45.4 Å². The standard InChI is InChI=1S/C24H23N3O5/c25-12-18-22(24(28)29)23(27-26-18)20-11-19(31-14-17-9-5-2-6-10-17)21(32-20)15-30-13-16-7-3-1-4-8-16/h1-10,19-21H,11,13-15H2,(H,26,27)(H,28,29)/t19-,20+,21+/m0/s1. The third-order valence-corrected chi connectivity index (χ3v) is 5.34. The lowest BCUT2D eigenvalue weighted by Gasteiger charge is -2.19. The minimum absolute atomic E-state index is 0.162. The number of aromatic amines is 1. The number of benzene rings is 2. The molecule has 1 aromatic heterocycles. The van der Waals surface area contributed by atoms with Gasteiger partial charge in [-0.05, 0) is 11.1 Å². The number of aromatic carboxylic acids is 1. The van der Waals surface area contributed by atoms with Gasteiger partial charge in [-0.1, -0.05) is 60.7 Å². The van der Waals surface area contributed by atoms with Crippen LogP contribution < -0.4 is 0 Å². The molecule has 4 rings (SSSR count). The molecule has 32 heavy (non-hydrogen) atoms. The van der Waals surface area contributed by atoms with Gasteiger partial charge in [-0.15, -0.1) is 0 Å². The number of ether oxygens (including phenoxy) is 3. The number of nitrogens with zero attached hydrogens (tertiary/aromatic N) is 2. The second-order valence-corrected chi connectivity index (χ2v) is 7.51. The van der Waals surface area contributed by atoms with Crippen LogP contribution in [-0.2, 0) is 27.4 Å². The van der Waals surface area contributed by atoms with Gasteiger partial charge in [0.2, 0.25) is 0 Å². The van der Waals surface area contributed by atoms with Crippen LogP contribution in [0.3, 0.4) is 0 Å². The minimum Gasteiger partial charge on any atom is -0.478 e. The molecule has 164 valence electrons. The van der Waals surface area contributed by atoms with Gasteiger partial charge in [-0.25, -0.2) is 4.79 Å². The number of carboxylic acids is 1. The largest absolute Gasteiger partial charge is 0.478 e. The third kappa shape index (κ3) is 5.03. The molecule has 0 saturated carbocycles. The summed E-state index contributed by atoms with van der Waals surface area (Å²) in [5.41, 5.74) is 2.02. The van der Waals surface area contributed by atoms with E-state index in [0.717, 1.165) is 11.1 Å². The molecule has 1 aliphatic heterocycles. The van der Waals surface area contributed by atoms with E-state index in [2.05, 4.69) is 10.2 Å². The molecule has 0 amide bonds. The quantitative estimate of drug-likeness (QED) is 0.529. The lowest BCUT2D eigenvalue weighted by Crippen LogP contribution is -2.29. The van der Waals surface area contributed by atoms with Gasteiger partial charge in [0, 0.05) is 6.42 Å². The highest BCUT2D eigenvalue weighted by atomic mass is 16.6. The Hall–Kier alpha value is -3.51. The molecule has 0 bridgehead atoms. The predicted octanol–water partition coefficient (Wildman–Crippen LogP) is 3.61. The molecule has 8 heteroatoms. The van der Waals surface area contributed by atoms with Gasteiger partial charge in [0.05, 0.1) is 31.6 Å². The first-order valence-electron chi connectivity index (χ1n) is 10.3. The van der Waals surface area contributed by atoms with E-state index in [4.69, 9.17) is 14.2 Å². The molecule has 3 aromatic rings. The maximum Gasteiger partial charge on any atom is 0.340 e. The summed E-state index contributed by atoms with van der Waals surface area (Å²) >= 11 is 0. The van der Waals surface area contributed by atoms with Crippen LogP contribution in [0, 0.1) is 11.3 Å². The highest BCUT2D eigenvalue weighted by Crippen LogP contribution is 2.36. The Balaban J connectivity index is 1.47. The van der Waals surface area contributed by atoms with E-state index in [1.165, 1.54) is 0 Å². The summed E-state index contributed by atoms with van der Waals surface area (Å²) in [5, 5.41) is 25.2. The Kier molecular flexibility index (Phi) is 6.92. The van der Waals surface area contributed by atoms with E-state index in [0.29, 0.717) is 19.6 Å².